The van der Waals surface area contributed by atoms with Crippen LogP contribution in [-0.2, 0) is 11.2 Å². The molecule has 3 heterocycles. The van der Waals surface area contributed by atoms with Crippen molar-refractivity contribution in [1.29, 1.82) is 0 Å². The maximum Gasteiger partial charge on any atom is 0.229 e. The summed E-state index contributed by atoms with van der Waals surface area (Å²) in [4.78, 5) is 23.4. The fraction of sp³-hybridized carbons (Fsp3) is 0.467. The van der Waals surface area contributed by atoms with Crippen LogP contribution in [0.1, 0.15) is 69.1 Å². The topological polar surface area (TPSA) is 35.9 Å². The molecule has 1 spiro atoms. The lowest BCUT2D eigenvalue weighted by molar-refractivity contribution is -0.148. The van der Waals surface area contributed by atoms with Crippen LogP contribution < -0.4 is 0 Å². The molecule has 0 radical (unpaired) electrons. The van der Waals surface area contributed by atoms with Crippen molar-refractivity contribution in [2.45, 2.75) is 58.8 Å². The van der Waals surface area contributed by atoms with E-state index >= 15 is 0 Å². The van der Waals surface area contributed by atoms with Gasteiger partial charge in [0.05, 0.1) is 11.1 Å². The second kappa shape index (κ2) is 9.05. The number of piperidine rings is 2. The normalized spacial score (nSPS) is 23.1. The molecule has 0 N–H and O–H groups in total. The lowest BCUT2D eigenvalue weighted by Crippen LogP contribution is -2.54. The van der Waals surface area contributed by atoms with Gasteiger partial charge in [0.1, 0.15) is 5.84 Å². The number of rotatable bonds is 2. The fourth-order valence-electron chi connectivity index (χ4n) is 6.47. The molecule has 0 aromatic heterocycles. The van der Waals surface area contributed by atoms with Crippen molar-refractivity contribution in [2.75, 3.05) is 26.2 Å². The summed E-state index contributed by atoms with van der Waals surface area (Å²) >= 11 is 0. The van der Waals surface area contributed by atoms with Crippen LogP contribution in [0, 0.1) is 5.41 Å². The van der Waals surface area contributed by atoms with Crippen LogP contribution in [0.25, 0.3) is 5.57 Å². The van der Waals surface area contributed by atoms with Gasteiger partial charge in [-0.25, -0.2) is 4.99 Å². The number of amidine groups is 1. The number of allylic oxidation sites excluding steroid dienone is 1. The van der Waals surface area contributed by atoms with Gasteiger partial charge in [-0.15, -0.1) is 0 Å². The van der Waals surface area contributed by atoms with Crippen molar-refractivity contribution >= 4 is 23.0 Å². The van der Waals surface area contributed by atoms with E-state index in [1.54, 1.807) is 0 Å². The number of carbonyl (C=O) groups is 1. The predicted molar refractivity (Wildman–Crippen MR) is 140 cm³/mol. The average molecular weight is 456 g/mol. The molecule has 6 rings (SSSR count). The van der Waals surface area contributed by atoms with Crippen LogP contribution in [0.15, 0.2) is 59.6 Å². The number of carbonyl (C=O) groups excluding carboxylic acids is 1. The van der Waals surface area contributed by atoms with E-state index in [9.17, 15) is 4.79 Å². The minimum absolute atomic E-state index is 0. The van der Waals surface area contributed by atoms with Crippen LogP contribution in [-0.4, -0.2) is 47.7 Å². The predicted octanol–water partition coefficient (Wildman–Crippen LogP) is 6.20. The Labute approximate surface area is 204 Å². The van der Waals surface area contributed by atoms with Gasteiger partial charge in [0.2, 0.25) is 5.91 Å². The van der Waals surface area contributed by atoms with Crippen molar-refractivity contribution in [3.05, 3.63) is 71.3 Å². The van der Waals surface area contributed by atoms with E-state index < -0.39 is 0 Å². The molecule has 4 heteroatoms. The van der Waals surface area contributed by atoms with Gasteiger partial charge < -0.3 is 9.80 Å². The largest absolute Gasteiger partial charge is 0.360 e. The molecule has 4 aliphatic rings. The molecule has 2 saturated heterocycles. The first-order valence-corrected chi connectivity index (χ1v) is 12.6. The minimum Gasteiger partial charge on any atom is -0.360 e. The number of hydrogen-bond donors (Lipinski definition) is 0. The van der Waals surface area contributed by atoms with E-state index in [0.717, 1.165) is 70.4 Å². The monoisotopic (exact) mass is 455 g/mol. The van der Waals surface area contributed by atoms with Crippen LogP contribution in [0.5, 0.6) is 0 Å². The van der Waals surface area contributed by atoms with Gasteiger partial charge in [-0.1, -0.05) is 62.9 Å². The van der Waals surface area contributed by atoms with Crippen molar-refractivity contribution in [1.82, 2.24) is 9.80 Å². The van der Waals surface area contributed by atoms with Gasteiger partial charge >= 0.3 is 0 Å². The van der Waals surface area contributed by atoms with E-state index in [1.807, 2.05) is 0 Å². The summed E-state index contributed by atoms with van der Waals surface area (Å²) in [5, 5.41) is 0. The summed E-state index contributed by atoms with van der Waals surface area (Å²) in [5.41, 5.74) is 6.36. The maximum atomic E-state index is 13.8. The summed E-state index contributed by atoms with van der Waals surface area (Å²) in [6, 6.07) is 17.2. The van der Waals surface area contributed by atoms with Gasteiger partial charge in [-0.2, -0.15) is 0 Å². The van der Waals surface area contributed by atoms with E-state index in [-0.39, 0.29) is 12.8 Å². The van der Waals surface area contributed by atoms with Gasteiger partial charge in [0, 0.05) is 38.5 Å². The molecule has 2 fully saturated rings. The Morgan fingerprint density at radius 1 is 0.971 bits per heavy atom. The molecule has 1 aliphatic carbocycles. The smallest absolute Gasteiger partial charge is 0.229 e. The summed E-state index contributed by atoms with van der Waals surface area (Å²) in [5.74, 6) is 2.04. The Balaban J connectivity index is 0.00000241. The van der Waals surface area contributed by atoms with Gasteiger partial charge in [-0.05, 0) is 60.4 Å². The molecular formula is C30H37N3O. The third-order valence-electron chi connectivity index (χ3n) is 8.38. The van der Waals surface area contributed by atoms with Crippen molar-refractivity contribution < 1.29 is 4.79 Å². The first kappa shape index (κ1) is 22.9. The highest BCUT2D eigenvalue weighted by Gasteiger charge is 2.46. The number of aliphatic imine (C=N–C) groups is 1. The Hall–Kier alpha value is -2.88. The molecular weight excluding hydrogens is 418 g/mol. The Kier molecular flexibility index (Phi) is 6.09. The molecule has 178 valence electrons. The second-order valence-electron chi connectivity index (χ2n) is 10.3. The quantitative estimate of drug-likeness (QED) is 0.540. The van der Waals surface area contributed by atoms with E-state index in [2.05, 4.69) is 71.3 Å². The van der Waals surface area contributed by atoms with E-state index in [4.69, 9.17) is 4.99 Å². The molecule has 34 heavy (non-hydrogen) atoms. The number of amides is 1. The second-order valence-corrected chi connectivity index (χ2v) is 10.3. The Morgan fingerprint density at radius 2 is 1.74 bits per heavy atom. The minimum atomic E-state index is -0.174. The molecule has 0 bridgehead atoms. The van der Waals surface area contributed by atoms with Gasteiger partial charge in [-0.3, -0.25) is 4.79 Å². The first-order valence-electron chi connectivity index (χ1n) is 12.6. The summed E-state index contributed by atoms with van der Waals surface area (Å²) in [7, 11) is 0. The highest BCUT2D eigenvalue weighted by atomic mass is 16.2. The number of fused-ring (bicyclic) bond motifs is 2. The average Bonchev–Trinajstić information content (AvgIpc) is 3.17. The number of likely N-dealkylation sites (tertiary alicyclic amines) is 2. The van der Waals surface area contributed by atoms with E-state index in [0.29, 0.717) is 11.8 Å². The Bertz CT molecular complexity index is 1140. The van der Waals surface area contributed by atoms with E-state index in [1.165, 1.54) is 28.1 Å². The first-order chi connectivity index (χ1) is 16.1. The van der Waals surface area contributed by atoms with Crippen LogP contribution in [0.4, 0.5) is 5.69 Å². The molecule has 4 nitrogen and oxygen atoms in total. The molecule has 1 unspecified atom stereocenters. The number of para-hydroxylation sites is 1. The van der Waals surface area contributed by atoms with Gasteiger partial charge in [0.25, 0.3) is 0 Å². The Morgan fingerprint density at radius 3 is 2.59 bits per heavy atom. The van der Waals surface area contributed by atoms with Gasteiger partial charge in [0.15, 0.2) is 0 Å². The molecule has 1 atom stereocenters. The number of nitrogens with zero attached hydrogens (tertiary/aromatic N) is 3. The van der Waals surface area contributed by atoms with Crippen molar-refractivity contribution in [3.8, 4) is 0 Å². The maximum absolute atomic E-state index is 13.8. The third-order valence-corrected chi connectivity index (χ3v) is 8.38. The highest BCUT2D eigenvalue weighted by molar-refractivity contribution is 5.89. The molecule has 1 amide bonds. The SMILES string of the molecule is C.CC1C=C(CN2CCCC3(CCN(C4=Nc5ccccc5CC4)CC3)C2=O)c2ccccc21. The number of benzene rings is 2. The number of aryl methyl sites for hydroxylation is 1. The van der Waals surface area contributed by atoms with Crippen molar-refractivity contribution in [2.24, 2.45) is 10.4 Å². The summed E-state index contributed by atoms with van der Waals surface area (Å²) in [6.45, 7) is 5.80. The van der Waals surface area contributed by atoms with Crippen LogP contribution in [0.3, 0.4) is 0 Å². The van der Waals surface area contributed by atoms with Crippen molar-refractivity contribution in [3.63, 3.8) is 0 Å². The zero-order valence-corrected chi connectivity index (χ0v) is 19.6. The zero-order chi connectivity index (χ0) is 22.4. The number of hydrogen-bond acceptors (Lipinski definition) is 3. The summed E-state index contributed by atoms with van der Waals surface area (Å²) < 4.78 is 0. The molecule has 2 aromatic rings. The lowest BCUT2D eigenvalue weighted by atomic mass is 9.71. The third kappa shape index (κ3) is 3.87. The molecule has 2 aromatic carbocycles. The zero-order valence-electron chi connectivity index (χ0n) is 19.6. The molecule has 3 aliphatic heterocycles. The highest BCUT2D eigenvalue weighted by Crippen LogP contribution is 2.43. The summed E-state index contributed by atoms with van der Waals surface area (Å²) in [6.07, 6.45) is 8.50. The lowest BCUT2D eigenvalue weighted by Gasteiger charge is -2.47. The van der Waals surface area contributed by atoms with Crippen LogP contribution >= 0.6 is 0 Å². The molecule has 0 saturated carbocycles. The van der Waals surface area contributed by atoms with Crippen LogP contribution in [0.2, 0.25) is 0 Å². The fourth-order valence-corrected chi connectivity index (χ4v) is 6.47. The standard InChI is InChI=1S/C29H33N3O.CH4/c1-21-19-23(25-9-4-3-8-24(21)25)20-32-16-6-13-29(28(32)33)14-17-31(18-15-29)27-12-11-22-7-2-5-10-26(22)30-27;/h2-5,7-10,19,21H,6,11-18,20H2,1H3;1H4.